The first-order chi connectivity index (χ1) is 34.7. The molecule has 0 amide bonds. The first-order valence-corrected chi connectivity index (χ1v) is 26.2. The minimum atomic E-state index is -0.337. The smallest absolute Gasteiger partial charge is 0.145 e. The first kappa shape index (κ1) is 40.9. The summed E-state index contributed by atoms with van der Waals surface area (Å²) in [5.74, 6) is 0. The highest BCUT2D eigenvalue weighted by molar-refractivity contribution is 7.26. The summed E-state index contributed by atoms with van der Waals surface area (Å²) in [5.41, 5.74) is 18.5. The molecule has 0 saturated carbocycles. The van der Waals surface area contributed by atoms with E-state index in [1.54, 1.807) is 0 Å². The van der Waals surface area contributed by atoms with Crippen molar-refractivity contribution in [2.75, 3.05) is 9.80 Å². The molecule has 2 aliphatic carbocycles. The predicted octanol–water partition coefficient (Wildman–Crippen LogP) is 19.9. The van der Waals surface area contributed by atoms with Crippen LogP contribution >= 0.6 is 22.7 Å². The monoisotopic (exact) mass is 946 g/mol. The van der Waals surface area contributed by atoms with Gasteiger partial charge in [-0.05, 0) is 118 Å². The number of fused-ring (bicyclic) bond motifs is 16. The Labute approximate surface area is 420 Å². The molecule has 0 spiro atoms. The zero-order chi connectivity index (χ0) is 47.3. The molecular formula is C66H46N2OS2. The third-order valence-corrected chi connectivity index (χ3v) is 18.2. The molecule has 5 heteroatoms. The van der Waals surface area contributed by atoms with E-state index in [1.165, 1.54) is 90.5 Å². The Bertz CT molecular complexity index is 4360. The van der Waals surface area contributed by atoms with Crippen molar-refractivity contribution in [3.63, 3.8) is 0 Å². The molecule has 0 atom stereocenters. The fraction of sp³-hybridized carbons (Fsp3) is 0.0909. The molecule has 15 rings (SSSR count). The van der Waals surface area contributed by atoms with Gasteiger partial charge in [0.05, 0.1) is 31.8 Å². The van der Waals surface area contributed by atoms with Crippen molar-refractivity contribution >= 4 is 119 Å². The minimum absolute atomic E-state index is 0.264. The third-order valence-electron chi connectivity index (χ3n) is 15.8. The fourth-order valence-corrected chi connectivity index (χ4v) is 14.8. The molecule has 2 aliphatic rings. The van der Waals surface area contributed by atoms with Gasteiger partial charge in [-0.3, -0.25) is 0 Å². The second-order valence-electron chi connectivity index (χ2n) is 20.4. The zero-order valence-corrected chi connectivity index (χ0v) is 41.4. The van der Waals surface area contributed by atoms with Crippen molar-refractivity contribution in [1.29, 1.82) is 0 Å². The van der Waals surface area contributed by atoms with Gasteiger partial charge in [0, 0.05) is 69.8 Å². The van der Waals surface area contributed by atoms with Crippen molar-refractivity contribution in [3.8, 4) is 22.3 Å². The topological polar surface area (TPSA) is 19.6 Å². The standard InChI is InChI=1S/C66H46N2OS2/c1-65(2)50-35-41(67(39-19-7-5-8-20-39)54-28-17-26-45-43-23-12-15-31-58(43)70-63(45)54)33-34-42(50)48-36-49-52(37-51(48)65)66(3,4)53-38-56(61-47-25-11-14-30-57(47)69-62(61)60(49)53)68(40-21-9-6-10-22-40)55-29-18-27-46-44-24-13-16-32-59(44)71-64(46)55/h5-38H,1-4H3. The summed E-state index contributed by atoms with van der Waals surface area (Å²) >= 11 is 3.75. The molecular weight excluding hydrogens is 901 g/mol. The van der Waals surface area contributed by atoms with Gasteiger partial charge in [0.15, 0.2) is 0 Å². The summed E-state index contributed by atoms with van der Waals surface area (Å²) in [6.07, 6.45) is 0. The summed E-state index contributed by atoms with van der Waals surface area (Å²) < 4.78 is 12.4. The lowest BCUT2D eigenvalue weighted by Crippen LogP contribution is -2.19. The Morgan fingerprint density at radius 2 is 0.887 bits per heavy atom. The van der Waals surface area contributed by atoms with Crippen LogP contribution in [0.3, 0.4) is 0 Å². The number of furan rings is 1. The first-order valence-electron chi connectivity index (χ1n) is 24.6. The lowest BCUT2D eigenvalue weighted by molar-refractivity contribution is 0.638. The van der Waals surface area contributed by atoms with Gasteiger partial charge < -0.3 is 14.2 Å². The summed E-state index contributed by atoms with van der Waals surface area (Å²) in [5, 5.41) is 7.41. The number of thiophene rings is 2. The molecule has 71 heavy (non-hydrogen) atoms. The van der Waals surface area contributed by atoms with Crippen LogP contribution in [0.4, 0.5) is 34.1 Å². The summed E-state index contributed by atoms with van der Waals surface area (Å²) in [4.78, 5) is 4.96. The molecule has 13 aromatic rings. The van der Waals surface area contributed by atoms with Crippen LogP contribution in [0.5, 0.6) is 0 Å². The SMILES string of the molecule is CC1(C)c2cc(N(c3ccccc3)c3cccc4c3sc3ccccc34)ccc2-c2cc3c(cc21)C(C)(C)c1cc(N(c2ccccc2)c2cccc4c2sc2ccccc24)c2c(oc4ccccc42)c1-3. The summed E-state index contributed by atoms with van der Waals surface area (Å²) in [6, 6.07) is 76.3. The molecule has 0 unspecified atom stereocenters. The normalized spacial score (nSPS) is 14.1. The molecule has 0 saturated heterocycles. The van der Waals surface area contributed by atoms with Crippen LogP contribution in [0.1, 0.15) is 49.9 Å². The van der Waals surface area contributed by atoms with Crippen molar-refractivity contribution in [2.45, 2.75) is 38.5 Å². The van der Waals surface area contributed by atoms with E-state index in [0.29, 0.717) is 0 Å². The van der Waals surface area contributed by atoms with Gasteiger partial charge in [0.25, 0.3) is 0 Å². The Balaban J connectivity index is 0.940. The van der Waals surface area contributed by atoms with Gasteiger partial charge in [-0.2, -0.15) is 0 Å². The molecule has 3 heterocycles. The largest absolute Gasteiger partial charge is 0.455 e. The average Bonchev–Trinajstić information content (AvgIpc) is 4.20. The van der Waals surface area contributed by atoms with Crippen LogP contribution in [-0.4, -0.2) is 0 Å². The summed E-state index contributed by atoms with van der Waals surface area (Å²) in [7, 11) is 0. The van der Waals surface area contributed by atoms with Crippen LogP contribution in [0.2, 0.25) is 0 Å². The Kier molecular flexibility index (Phi) is 8.51. The number of rotatable bonds is 6. The van der Waals surface area contributed by atoms with E-state index in [1.807, 2.05) is 22.7 Å². The van der Waals surface area contributed by atoms with Gasteiger partial charge in [-0.25, -0.2) is 0 Å². The number of nitrogens with zero attached hydrogens (tertiary/aromatic N) is 2. The van der Waals surface area contributed by atoms with Gasteiger partial charge in [-0.15, -0.1) is 22.7 Å². The van der Waals surface area contributed by atoms with E-state index in [-0.39, 0.29) is 10.8 Å². The van der Waals surface area contributed by atoms with Crippen LogP contribution in [0.15, 0.2) is 211 Å². The van der Waals surface area contributed by atoms with Crippen molar-refractivity contribution < 1.29 is 4.42 Å². The quantitative estimate of drug-likeness (QED) is 0.166. The molecule has 338 valence electrons. The molecule has 3 aromatic heterocycles. The molecule has 0 bridgehead atoms. The summed E-state index contributed by atoms with van der Waals surface area (Å²) in [6.45, 7) is 9.68. The van der Waals surface area contributed by atoms with Crippen LogP contribution in [0.25, 0.3) is 84.5 Å². The Morgan fingerprint density at radius 3 is 1.55 bits per heavy atom. The molecule has 3 nitrogen and oxygen atoms in total. The number of para-hydroxylation sites is 3. The second-order valence-corrected chi connectivity index (χ2v) is 22.5. The maximum atomic E-state index is 7.22. The molecule has 0 aliphatic heterocycles. The zero-order valence-electron chi connectivity index (χ0n) is 39.7. The highest BCUT2D eigenvalue weighted by Crippen LogP contribution is 2.61. The molecule has 0 radical (unpaired) electrons. The second kappa shape index (κ2) is 14.8. The lowest BCUT2D eigenvalue weighted by Gasteiger charge is -2.30. The Hall–Kier alpha value is -7.96. The minimum Gasteiger partial charge on any atom is -0.455 e. The molecule has 0 fully saturated rings. The Morgan fingerprint density at radius 1 is 0.366 bits per heavy atom. The van der Waals surface area contributed by atoms with E-state index in [9.17, 15) is 0 Å². The highest BCUT2D eigenvalue weighted by atomic mass is 32.1. The van der Waals surface area contributed by atoms with Crippen LogP contribution < -0.4 is 9.80 Å². The van der Waals surface area contributed by atoms with E-state index in [4.69, 9.17) is 4.42 Å². The highest BCUT2D eigenvalue weighted by Gasteiger charge is 2.44. The molecule has 10 aromatic carbocycles. The van der Waals surface area contributed by atoms with Crippen LogP contribution in [0, 0.1) is 0 Å². The number of benzene rings is 10. The molecule has 0 N–H and O–H groups in total. The van der Waals surface area contributed by atoms with Gasteiger partial charge >= 0.3 is 0 Å². The number of anilines is 6. The predicted molar refractivity (Wildman–Crippen MR) is 304 cm³/mol. The van der Waals surface area contributed by atoms with E-state index in [0.717, 1.165) is 50.4 Å². The maximum Gasteiger partial charge on any atom is 0.145 e. The number of hydrogen-bond acceptors (Lipinski definition) is 5. The van der Waals surface area contributed by atoms with Crippen LogP contribution in [-0.2, 0) is 10.8 Å². The van der Waals surface area contributed by atoms with E-state index in [2.05, 4.69) is 244 Å². The van der Waals surface area contributed by atoms with Crippen molar-refractivity contribution in [3.05, 3.63) is 229 Å². The number of hydrogen-bond donors (Lipinski definition) is 0. The van der Waals surface area contributed by atoms with Gasteiger partial charge in [-0.1, -0.05) is 155 Å². The third kappa shape index (κ3) is 5.70. The van der Waals surface area contributed by atoms with E-state index >= 15 is 0 Å². The van der Waals surface area contributed by atoms with Gasteiger partial charge in [0.1, 0.15) is 11.2 Å². The average molecular weight is 947 g/mol. The van der Waals surface area contributed by atoms with E-state index < -0.39 is 0 Å². The lowest BCUT2D eigenvalue weighted by atomic mass is 9.77. The fourth-order valence-electron chi connectivity index (χ4n) is 12.4. The van der Waals surface area contributed by atoms with Crippen molar-refractivity contribution in [2.24, 2.45) is 0 Å². The van der Waals surface area contributed by atoms with Gasteiger partial charge in [0.2, 0.25) is 0 Å². The maximum absolute atomic E-state index is 7.22. The van der Waals surface area contributed by atoms with Crippen molar-refractivity contribution in [1.82, 2.24) is 0 Å².